The number of carbonyl (C=O) groups excluding carboxylic acids is 1. The van der Waals surface area contributed by atoms with Crippen LogP contribution in [0, 0.1) is 0 Å². The average molecular weight is 238 g/mol. The van der Waals surface area contributed by atoms with Gasteiger partial charge in [-0.3, -0.25) is 4.79 Å². The maximum Gasteiger partial charge on any atom is 0.164 e. The van der Waals surface area contributed by atoms with Crippen molar-refractivity contribution in [3.8, 4) is 17.2 Å². The van der Waals surface area contributed by atoms with Crippen molar-refractivity contribution < 1.29 is 19.0 Å². The van der Waals surface area contributed by atoms with Crippen molar-refractivity contribution in [1.82, 2.24) is 0 Å². The highest BCUT2D eigenvalue weighted by Gasteiger charge is 2.11. The maximum absolute atomic E-state index is 11.0. The zero-order chi connectivity index (χ0) is 12.7. The van der Waals surface area contributed by atoms with E-state index in [0.29, 0.717) is 29.4 Å². The molecule has 0 saturated carbocycles. The van der Waals surface area contributed by atoms with Gasteiger partial charge in [0.25, 0.3) is 0 Å². The zero-order valence-electron chi connectivity index (χ0n) is 10.5. The summed E-state index contributed by atoms with van der Waals surface area (Å²) >= 11 is 0. The molecule has 0 radical (unpaired) electrons. The standard InChI is InChI=1S/C13H18O4/c1-4-5-6-17-11-8-13(16-3)12(15-2)7-10(11)9-14/h7-9H,4-6H2,1-3H3. The van der Waals surface area contributed by atoms with Crippen LogP contribution in [0.1, 0.15) is 30.1 Å². The summed E-state index contributed by atoms with van der Waals surface area (Å²) in [5.74, 6) is 1.62. The molecule has 0 unspecified atom stereocenters. The van der Waals surface area contributed by atoms with E-state index in [1.54, 1.807) is 19.2 Å². The Balaban J connectivity index is 2.97. The monoisotopic (exact) mass is 238 g/mol. The Labute approximate surface area is 101 Å². The number of carbonyl (C=O) groups is 1. The molecule has 1 aromatic rings. The van der Waals surface area contributed by atoms with E-state index in [1.165, 1.54) is 7.11 Å². The predicted molar refractivity (Wildman–Crippen MR) is 65.3 cm³/mol. The molecule has 0 saturated heterocycles. The molecule has 0 aromatic heterocycles. The summed E-state index contributed by atoms with van der Waals surface area (Å²) in [6.07, 6.45) is 2.75. The second-order valence-corrected chi connectivity index (χ2v) is 3.56. The van der Waals surface area contributed by atoms with E-state index < -0.39 is 0 Å². The largest absolute Gasteiger partial charge is 0.493 e. The van der Waals surface area contributed by atoms with Gasteiger partial charge in [0.1, 0.15) is 5.75 Å². The van der Waals surface area contributed by atoms with Gasteiger partial charge in [0.05, 0.1) is 26.4 Å². The molecule has 0 aliphatic heterocycles. The summed E-state index contributed by atoms with van der Waals surface area (Å²) in [5, 5.41) is 0. The van der Waals surface area contributed by atoms with E-state index in [-0.39, 0.29) is 0 Å². The fourth-order valence-electron chi connectivity index (χ4n) is 1.42. The zero-order valence-corrected chi connectivity index (χ0v) is 10.5. The van der Waals surface area contributed by atoms with E-state index in [0.717, 1.165) is 19.1 Å². The lowest BCUT2D eigenvalue weighted by molar-refractivity contribution is 0.111. The van der Waals surface area contributed by atoms with Crippen molar-refractivity contribution >= 4 is 6.29 Å². The first kappa shape index (κ1) is 13.4. The normalized spacial score (nSPS) is 9.82. The molecule has 0 bridgehead atoms. The predicted octanol–water partition coefficient (Wildman–Crippen LogP) is 2.70. The summed E-state index contributed by atoms with van der Waals surface area (Å²) in [4.78, 5) is 11.0. The molecule has 1 rings (SSSR count). The van der Waals surface area contributed by atoms with Gasteiger partial charge in [0.15, 0.2) is 17.8 Å². The smallest absolute Gasteiger partial charge is 0.164 e. The Bertz CT molecular complexity index is 374. The molecule has 1 aromatic carbocycles. The van der Waals surface area contributed by atoms with Gasteiger partial charge in [0.2, 0.25) is 0 Å². The average Bonchev–Trinajstić information content (AvgIpc) is 2.38. The first-order valence-corrected chi connectivity index (χ1v) is 5.60. The minimum absolute atomic E-state index is 0.471. The molecular weight excluding hydrogens is 220 g/mol. The van der Waals surface area contributed by atoms with E-state index in [9.17, 15) is 4.79 Å². The molecular formula is C13H18O4. The molecule has 94 valence electrons. The minimum Gasteiger partial charge on any atom is -0.493 e. The number of hydrogen-bond donors (Lipinski definition) is 0. The van der Waals surface area contributed by atoms with Gasteiger partial charge in [-0.1, -0.05) is 13.3 Å². The van der Waals surface area contributed by atoms with E-state index in [1.807, 2.05) is 0 Å². The van der Waals surface area contributed by atoms with Crippen LogP contribution in [0.15, 0.2) is 12.1 Å². The van der Waals surface area contributed by atoms with Crippen LogP contribution in [0.3, 0.4) is 0 Å². The van der Waals surface area contributed by atoms with Gasteiger partial charge in [0, 0.05) is 6.07 Å². The Morgan fingerprint density at radius 1 is 1.12 bits per heavy atom. The number of benzene rings is 1. The van der Waals surface area contributed by atoms with E-state index in [4.69, 9.17) is 14.2 Å². The third kappa shape index (κ3) is 3.37. The lowest BCUT2D eigenvalue weighted by Crippen LogP contribution is -2.01. The molecule has 4 nitrogen and oxygen atoms in total. The molecule has 17 heavy (non-hydrogen) atoms. The van der Waals surface area contributed by atoms with Gasteiger partial charge in [-0.05, 0) is 12.5 Å². The lowest BCUT2D eigenvalue weighted by Gasteiger charge is -2.12. The fourth-order valence-corrected chi connectivity index (χ4v) is 1.42. The van der Waals surface area contributed by atoms with E-state index in [2.05, 4.69) is 6.92 Å². The second kappa shape index (κ2) is 6.78. The minimum atomic E-state index is 0.471. The summed E-state index contributed by atoms with van der Waals surface area (Å²) in [7, 11) is 3.08. The van der Waals surface area contributed by atoms with Crippen LogP contribution < -0.4 is 14.2 Å². The van der Waals surface area contributed by atoms with Crippen LogP contribution in [0.25, 0.3) is 0 Å². The molecule has 0 amide bonds. The van der Waals surface area contributed by atoms with Crippen LogP contribution in [0.5, 0.6) is 17.2 Å². The third-order valence-electron chi connectivity index (χ3n) is 2.40. The Kier molecular flexibility index (Phi) is 5.33. The van der Waals surface area contributed by atoms with Crippen molar-refractivity contribution in [1.29, 1.82) is 0 Å². The van der Waals surface area contributed by atoms with Crippen molar-refractivity contribution in [2.75, 3.05) is 20.8 Å². The number of ether oxygens (including phenoxy) is 3. The van der Waals surface area contributed by atoms with Crippen molar-refractivity contribution in [3.05, 3.63) is 17.7 Å². The highest BCUT2D eigenvalue weighted by Crippen LogP contribution is 2.33. The lowest BCUT2D eigenvalue weighted by atomic mass is 10.2. The number of rotatable bonds is 7. The first-order valence-electron chi connectivity index (χ1n) is 5.60. The molecule has 0 spiro atoms. The van der Waals surface area contributed by atoms with Crippen LogP contribution in [0.4, 0.5) is 0 Å². The number of methoxy groups -OCH3 is 2. The molecule has 0 fully saturated rings. The van der Waals surface area contributed by atoms with Crippen molar-refractivity contribution in [3.63, 3.8) is 0 Å². The van der Waals surface area contributed by atoms with Gasteiger partial charge in [-0.15, -0.1) is 0 Å². The first-order chi connectivity index (χ1) is 8.26. The van der Waals surface area contributed by atoms with Crippen molar-refractivity contribution in [2.24, 2.45) is 0 Å². The summed E-state index contributed by atoms with van der Waals surface area (Å²) < 4.78 is 15.8. The number of hydrogen-bond acceptors (Lipinski definition) is 4. The Hall–Kier alpha value is -1.71. The molecule has 0 heterocycles. The maximum atomic E-state index is 11.0. The van der Waals surface area contributed by atoms with Gasteiger partial charge >= 0.3 is 0 Å². The summed E-state index contributed by atoms with van der Waals surface area (Å²) in [6.45, 7) is 2.67. The third-order valence-corrected chi connectivity index (χ3v) is 2.40. The SMILES string of the molecule is CCCCOc1cc(OC)c(OC)cc1C=O. The fraction of sp³-hybridized carbons (Fsp3) is 0.462. The molecule has 0 atom stereocenters. The van der Waals surface area contributed by atoms with E-state index >= 15 is 0 Å². The molecule has 4 heteroatoms. The Morgan fingerprint density at radius 3 is 2.29 bits per heavy atom. The summed E-state index contributed by atoms with van der Waals surface area (Å²) in [5.41, 5.74) is 0.471. The van der Waals surface area contributed by atoms with Gasteiger partial charge < -0.3 is 14.2 Å². The van der Waals surface area contributed by atoms with Crippen molar-refractivity contribution in [2.45, 2.75) is 19.8 Å². The number of aldehydes is 1. The molecule has 0 aliphatic rings. The van der Waals surface area contributed by atoms with Crippen LogP contribution in [0.2, 0.25) is 0 Å². The quantitative estimate of drug-likeness (QED) is 0.541. The van der Waals surface area contributed by atoms with Gasteiger partial charge in [-0.2, -0.15) is 0 Å². The Morgan fingerprint density at radius 2 is 1.76 bits per heavy atom. The van der Waals surface area contributed by atoms with Gasteiger partial charge in [-0.25, -0.2) is 0 Å². The molecule has 0 aliphatic carbocycles. The highest BCUT2D eigenvalue weighted by atomic mass is 16.5. The van der Waals surface area contributed by atoms with Crippen LogP contribution >= 0.6 is 0 Å². The van der Waals surface area contributed by atoms with Crippen LogP contribution in [-0.4, -0.2) is 27.1 Å². The molecule has 0 N–H and O–H groups in total. The van der Waals surface area contributed by atoms with Crippen LogP contribution in [-0.2, 0) is 0 Å². The topological polar surface area (TPSA) is 44.8 Å². The second-order valence-electron chi connectivity index (χ2n) is 3.56. The highest BCUT2D eigenvalue weighted by molar-refractivity contribution is 5.81. The number of unbranched alkanes of at least 4 members (excludes halogenated alkanes) is 1. The summed E-state index contributed by atoms with van der Waals surface area (Å²) in [6, 6.07) is 3.30.